The van der Waals surface area contributed by atoms with Gasteiger partial charge in [-0.25, -0.2) is 8.78 Å². The molecule has 0 aliphatic heterocycles. The molecular formula is C15H41F14PV. The second-order valence-electron chi connectivity index (χ2n) is 3.36. The zero-order valence-corrected chi connectivity index (χ0v) is 15.4. The summed E-state index contributed by atoms with van der Waals surface area (Å²) in [6.07, 6.45) is -12.1. The summed E-state index contributed by atoms with van der Waals surface area (Å²) in [5, 5.41) is 0. The van der Waals surface area contributed by atoms with Crippen LogP contribution >= 0.6 is 9.90 Å². The van der Waals surface area contributed by atoms with Crippen LogP contribution < -0.4 is 0 Å². The molecule has 31 heavy (non-hydrogen) atoms. The summed E-state index contributed by atoms with van der Waals surface area (Å²) in [5.41, 5.74) is -5.15. The Balaban J connectivity index is -0.0000000195. The van der Waals surface area contributed by atoms with Gasteiger partial charge in [-0.1, -0.05) is 44.6 Å². The average Bonchev–Trinajstić information content (AvgIpc) is 2.39. The summed E-state index contributed by atoms with van der Waals surface area (Å²) in [5.74, 6) is -5.27. The van der Waals surface area contributed by atoms with Gasteiger partial charge in [0.15, 0.2) is 6.67 Å². The molecule has 2 atom stereocenters. The SMILES string of the molecule is C.C.C.C.C.C.CC(F)(F)F.CF.F.FCCC(F)(C(F)(F)F)C(F)(F)CF.P.[2H][V][F]. The van der Waals surface area contributed by atoms with Crippen molar-refractivity contribution in [3.05, 3.63) is 0 Å². The van der Waals surface area contributed by atoms with Gasteiger partial charge in [0, 0.05) is 13.3 Å². The fraction of sp³-hybridized carbons (Fsp3) is 1.00. The summed E-state index contributed by atoms with van der Waals surface area (Å²) in [4.78, 5) is 0. The van der Waals surface area contributed by atoms with Gasteiger partial charge < -0.3 is 0 Å². The first kappa shape index (κ1) is 69.7. The summed E-state index contributed by atoms with van der Waals surface area (Å²) in [6.45, 7) is -4.60. The van der Waals surface area contributed by atoms with E-state index in [0.717, 1.165) is 0 Å². The van der Waals surface area contributed by atoms with Gasteiger partial charge in [0.25, 0.3) is 5.67 Å². The van der Waals surface area contributed by atoms with E-state index in [0.29, 0.717) is 7.18 Å². The van der Waals surface area contributed by atoms with Gasteiger partial charge in [-0.15, -0.1) is 0 Å². The third kappa shape index (κ3) is 37.7. The van der Waals surface area contributed by atoms with Crippen molar-refractivity contribution in [3.8, 4) is 0 Å². The number of halogens is 14. The Labute approximate surface area is 192 Å². The Morgan fingerprint density at radius 1 is 0.742 bits per heavy atom. The molecule has 0 aliphatic carbocycles. The molecule has 0 saturated carbocycles. The van der Waals surface area contributed by atoms with Gasteiger partial charge in [0.2, 0.25) is 0 Å². The zero-order chi connectivity index (χ0) is 20.8. The molecule has 0 aliphatic rings. The van der Waals surface area contributed by atoms with Crippen LogP contribution in [0.1, 0.15) is 57.9 Å². The van der Waals surface area contributed by atoms with Crippen LogP contribution in [0.4, 0.5) is 60.8 Å². The van der Waals surface area contributed by atoms with Gasteiger partial charge in [-0.05, 0) is 0 Å². The first-order valence-electron chi connectivity index (χ1n) is 5.44. The Kier molecular flexibility index (Phi) is 77.9. The van der Waals surface area contributed by atoms with Gasteiger partial charge in [0.05, 0.1) is 13.9 Å². The molecule has 0 nitrogen and oxygen atoms in total. The minimum atomic E-state index is -6.01. The normalized spacial score (nSPS) is 10.7. The minimum absolute atomic E-state index is 0. The number of alkyl halides is 12. The first-order valence-corrected chi connectivity index (χ1v) is 5.52. The number of hydrogen-bond acceptors (Lipinski definition) is 0. The van der Waals surface area contributed by atoms with Crippen molar-refractivity contribution in [1.29, 1.82) is 0.879 Å². The van der Waals surface area contributed by atoms with E-state index in [9.17, 15) is 56.1 Å². The fourth-order valence-corrected chi connectivity index (χ4v) is 0.768. The van der Waals surface area contributed by atoms with E-state index in [1.165, 1.54) is 0 Å². The van der Waals surface area contributed by atoms with Gasteiger partial charge in [-0.3, -0.25) is 13.5 Å². The number of rotatable bonds is 4. The molecule has 209 valence electrons. The maximum atomic E-state index is 12.7. The molecular weight excluding hydrogens is 528 g/mol. The second kappa shape index (κ2) is 34.6. The Morgan fingerprint density at radius 3 is 1.03 bits per heavy atom. The van der Waals surface area contributed by atoms with Gasteiger partial charge >= 0.3 is 40.3 Å². The monoisotopic (exact) mass is 570 g/mol. The van der Waals surface area contributed by atoms with Gasteiger partial charge in [-0.2, -0.15) is 45.0 Å². The van der Waals surface area contributed by atoms with Crippen LogP contribution in [0.5, 0.6) is 0 Å². The van der Waals surface area contributed by atoms with Gasteiger partial charge in [0.1, 0.15) is 0 Å². The number of hydrogen-bond donors (Lipinski definition) is 0. The molecule has 0 heterocycles. The van der Waals surface area contributed by atoms with Crippen molar-refractivity contribution in [1.82, 2.24) is 0 Å². The molecule has 16 heteroatoms. The molecule has 0 aromatic heterocycles. The third-order valence-corrected chi connectivity index (χ3v) is 1.64. The standard InChI is InChI=1S/C6H6F8.C2H3F3.CH3F.6CH4.2FH.H3P.V.H/c7-2-1-4(9,6(12,13)14)5(10,11)3-8;1-2(3,4)5;1-2;;;;;;;;;;;/h1-3H2;1H3;1H3;6*1H4;2*1H;1H3;;/q;;;;;;;;;;;;+1;/p-1/i;;;;;;;;;;;;;1+1. The van der Waals surface area contributed by atoms with Crippen LogP contribution in [0, 0.1) is 0 Å². The van der Waals surface area contributed by atoms with E-state index in [-0.39, 0.29) is 66.1 Å². The summed E-state index contributed by atoms with van der Waals surface area (Å²) in [7, 11) is 0.500. The van der Waals surface area contributed by atoms with Crippen LogP contribution in [0.2, 0.25) is 0 Å². The Morgan fingerprint density at radius 2 is 0.935 bits per heavy atom. The molecule has 0 radical (unpaired) electrons. The quantitative estimate of drug-likeness (QED) is 0.233. The predicted octanol–water partition coefficient (Wildman–Crippen LogP) is 9.55. The van der Waals surface area contributed by atoms with Crippen molar-refractivity contribution in [2.24, 2.45) is 0 Å². The van der Waals surface area contributed by atoms with Crippen molar-refractivity contribution in [2.45, 2.75) is 81.8 Å². The van der Waals surface area contributed by atoms with Crippen molar-refractivity contribution >= 4 is 9.90 Å². The topological polar surface area (TPSA) is 0 Å². The zero-order valence-electron chi connectivity index (χ0n) is 13.6. The third-order valence-electron chi connectivity index (χ3n) is 1.64. The fourth-order valence-electron chi connectivity index (χ4n) is 0.768. The van der Waals surface area contributed by atoms with Crippen LogP contribution in [-0.2, 0) is 17.8 Å². The van der Waals surface area contributed by atoms with E-state index in [2.05, 4.69) is 0 Å². The second-order valence-corrected chi connectivity index (χ2v) is 3.36. The van der Waals surface area contributed by atoms with Crippen molar-refractivity contribution in [2.75, 3.05) is 20.5 Å². The van der Waals surface area contributed by atoms with E-state index < -0.39 is 61.5 Å². The molecule has 0 saturated heterocycles. The van der Waals surface area contributed by atoms with Crippen LogP contribution in [0.15, 0.2) is 0 Å². The Bertz CT molecular complexity index is 288. The van der Waals surface area contributed by atoms with E-state index in [1.807, 2.05) is 0 Å². The summed E-state index contributed by atoms with van der Waals surface area (Å²) in [6, 6.07) is 0. The van der Waals surface area contributed by atoms with Crippen molar-refractivity contribution in [3.63, 3.8) is 0 Å². The van der Waals surface area contributed by atoms with Crippen LogP contribution in [-0.4, -0.2) is 45.3 Å². The maximum absolute atomic E-state index is 12.7. The molecule has 2 unspecified atom stereocenters. The van der Waals surface area contributed by atoms with Crippen LogP contribution in [0.3, 0.4) is 0 Å². The average molecular weight is 570 g/mol. The van der Waals surface area contributed by atoms with E-state index in [1.54, 1.807) is 0 Å². The molecule has 0 amide bonds. The molecule has 0 spiro atoms. The van der Waals surface area contributed by atoms with Crippen molar-refractivity contribution < 1.29 is 78.6 Å². The molecule has 0 aromatic carbocycles. The molecule has 0 fully saturated rings. The molecule has 0 aromatic rings. The first-order chi connectivity index (χ1) is 10.5. The van der Waals surface area contributed by atoms with E-state index in [4.69, 9.17) is 0.879 Å². The Hall–Kier alpha value is 0.0344. The van der Waals surface area contributed by atoms with E-state index >= 15 is 0 Å². The summed E-state index contributed by atoms with van der Waals surface area (Å²) >= 11 is -1.56. The molecule has 0 N–H and O–H groups in total. The molecule has 0 bridgehead atoms. The predicted molar refractivity (Wildman–Crippen MR) is 107 cm³/mol. The summed E-state index contributed by atoms with van der Waals surface area (Å²) < 4.78 is 152. The van der Waals surface area contributed by atoms with Crippen LogP contribution in [0.25, 0.3) is 0 Å². The molecule has 0 rings (SSSR count).